The molecule has 0 bridgehead atoms. The molecule has 1 atom stereocenters. The lowest BCUT2D eigenvalue weighted by atomic mass is 10.1. The summed E-state index contributed by atoms with van der Waals surface area (Å²) < 4.78 is 5.78. The van der Waals surface area contributed by atoms with Crippen molar-refractivity contribution in [2.45, 2.75) is 19.1 Å². The number of carbonyl (C=O) groups excluding carboxylic acids is 1. The highest BCUT2D eigenvalue weighted by Crippen LogP contribution is 2.17. The fraction of sp³-hybridized carbons (Fsp3) is 0.562. The third kappa shape index (κ3) is 4.22. The van der Waals surface area contributed by atoms with Crippen molar-refractivity contribution in [2.24, 2.45) is 0 Å². The van der Waals surface area contributed by atoms with E-state index in [4.69, 9.17) is 4.74 Å². The highest BCUT2D eigenvalue weighted by molar-refractivity contribution is 7.99. The fourth-order valence-electron chi connectivity index (χ4n) is 2.82. The van der Waals surface area contributed by atoms with Crippen molar-refractivity contribution in [1.82, 2.24) is 9.80 Å². The molecule has 3 rings (SSSR count). The van der Waals surface area contributed by atoms with Crippen LogP contribution in [-0.2, 0) is 16.1 Å². The van der Waals surface area contributed by atoms with E-state index in [1.807, 2.05) is 22.7 Å². The number of ether oxygens (including phenoxy) is 1. The first-order chi connectivity index (χ1) is 10.3. The second-order valence-electron chi connectivity index (χ2n) is 5.61. The Bertz CT molecular complexity index is 463. The topological polar surface area (TPSA) is 32.8 Å². The number of benzene rings is 1. The highest BCUT2D eigenvalue weighted by atomic mass is 32.2. The zero-order valence-electron chi connectivity index (χ0n) is 12.2. The summed E-state index contributed by atoms with van der Waals surface area (Å²) in [7, 11) is 0. The van der Waals surface area contributed by atoms with Gasteiger partial charge < -0.3 is 9.64 Å². The van der Waals surface area contributed by atoms with Crippen molar-refractivity contribution >= 4 is 17.7 Å². The molecule has 4 nitrogen and oxygen atoms in total. The highest BCUT2D eigenvalue weighted by Gasteiger charge is 2.26. The average molecular weight is 306 g/mol. The van der Waals surface area contributed by atoms with Crippen molar-refractivity contribution in [2.75, 3.05) is 37.9 Å². The van der Waals surface area contributed by atoms with Crippen LogP contribution in [0.2, 0.25) is 0 Å². The summed E-state index contributed by atoms with van der Waals surface area (Å²) in [6.07, 6.45) is 0.562. The van der Waals surface area contributed by atoms with E-state index in [1.54, 1.807) is 0 Å². The van der Waals surface area contributed by atoms with Crippen LogP contribution in [0.3, 0.4) is 0 Å². The van der Waals surface area contributed by atoms with Crippen molar-refractivity contribution in [3.63, 3.8) is 0 Å². The van der Waals surface area contributed by atoms with Crippen molar-refractivity contribution in [3.8, 4) is 0 Å². The van der Waals surface area contributed by atoms with Crippen LogP contribution in [0.4, 0.5) is 0 Å². The molecule has 5 heteroatoms. The second-order valence-corrected chi connectivity index (χ2v) is 6.69. The van der Waals surface area contributed by atoms with E-state index in [1.165, 1.54) is 5.56 Å². The number of carbonyl (C=O) groups is 1. The predicted molar refractivity (Wildman–Crippen MR) is 85.1 cm³/mol. The lowest BCUT2D eigenvalue weighted by Crippen LogP contribution is -2.44. The summed E-state index contributed by atoms with van der Waals surface area (Å²) in [5.41, 5.74) is 1.32. The minimum atomic E-state index is 0.0422. The van der Waals surface area contributed by atoms with E-state index < -0.39 is 0 Å². The molecular weight excluding hydrogens is 284 g/mol. The minimum Gasteiger partial charge on any atom is -0.375 e. The predicted octanol–water partition coefficient (Wildman–Crippen LogP) is 1.81. The van der Waals surface area contributed by atoms with Gasteiger partial charge in [0.05, 0.1) is 25.0 Å². The molecular formula is C16H22N2O2S. The summed E-state index contributed by atoms with van der Waals surface area (Å²) in [6, 6.07) is 10.5. The van der Waals surface area contributed by atoms with Gasteiger partial charge in [0.25, 0.3) is 0 Å². The molecule has 2 aliphatic rings. The van der Waals surface area contributed by atoms with Crippen molar-refractivity contribution in [3.05, 3.63) is 35.9 Å². The fourth-order valence-corrected chi connectivity index (χ4v) is 3.80. The molecule has 0 unspecified atom stereocenters. The van der Waals surface area contributed by atoms with E-state index in [0.29, 0.717) is 6.42 Å². The average Bonchev–Trinajstić information content (AvgIpc) is 3.03. The van der Waals surface area contributed by atoms with Gasteiger partial charge in [0.2, 0.25) is 5.91 Å². The van der Waals surface area contributed by atoms with E-state index in [2.05, 4.69) is 29.2 Å². The molecule has 2 saturated heterocycles. The molecule has 21 heavy (non-hydrogen) atoms. The molecule has 1 aromatic rings. The lowest BCUT2D eigenvalue weighted by molar-refractivity contribution is -0.134. The molecule has 0 spiro atoms. The van der Waals surface area contributed by atoms with Gasteiger partial charge in [-0.2, -0.15) is 0 Å². The minimum absolute atomic E-state index is 0.0422. The molecule has 114 valence electrons. The second kappa shape index (κ2) is 7.29. The molecule has 2 fully saturated rings. The van der Waals surface area contributed by atoms with Crippen molar-refractivity contribution in [1.29, 1.82) is 0 Å². The Morgan fingerprint density at radius 2 is 2.14 bits per heavy atom. The smallest absolute Gasteiger partial charge is 0.225 e. The number of nitrogens with zero attached hydrogens (tertiary/aromatic N) is 2. The van der Waals surface area contributed by atoms with Gasteiger partial charge in [0, 0.05) is 31.9 Å². The van der Waals surface area contributed by atoms with Gasteiger partial charge in [0.1, 0.15) is 0 Å². The maximum absolute atomic E-state index is 12.2. The Balaban J connectivity index is 1.49. The molecule has 0 N–H and O–H groups in total. The zero-order chi connectivity index (χ0) is 14.5. The number of amides is 1. The van der Waals surface area contributed by atoms with Crippen molar-refractivity contribution < 1.29 is 9.53 Å². The first-order valence-electron chi connectivity index (χ1n) is 7.54. The molecule has 0 radical (unpaired) electrons. The van der Waals surface area contributed by atoms with Crippen LogP contribution in [0.15, 0.2) is 30.3 Å². The molecule has 2 heterocycles. The third-order valence-corrected chi connectivity index (χ3v) is 4.95. The molecule has 2 aliphatic heterocycles. The largest absolute Gasteiger partial charge is 0.375 e. The molecule has 0 aliphatic carbocycles. The van der Waals surface area contributed by atoms with Gasteiger partial charge in [-0.25, -0.2) is 0 Å². The van der Waals surface area contributed by atoms with Crippen LogP contribution in [0.5, 0.6) is 0 Å². The summed E-state index contributed by atoms with van der Waals surface area (Å²) in [5, 5.41) is 0. The normalized spacial score (nSPS) is 23.4. The Morgan fingerprint density at radius 1 is 1.29 bits per heavy atom. The van der Waals surface area contributed by atoms with Crippen LogP contribution in [0.25, 0.3) is 0 Å². The van der Waals surface area contributed by atoms with Gasteiger partial charge in [-0.3, -0.25) is 9.69 Å². The third-order valence-electron chi connectivity index (χ3n) is 3.98. The first-order valence-corrected chi connectivity index (χ1v) is 8.70. The van der Waals surface area contributed by atoms with Crippen LogP contribution < -0.4 is 0 Å². The lowest BCUT2D eigenvalue weighted by Gasteiger charge is -2.33. The maximum Gasteiger partial charge on any atom is 0.225 e. The van der Waals surface area contributed by atoms with Gasteiger partial charge >= 0.3 is 0 Å². The Morgan fingerprint density at radius 3 is 2.90 bits per heavy atom. The van der Waals surface area contributed by atoms with Crippen LogP contribution >= 0.6 is 11.8 Å². The van der Waals surface area contributed by atoms with Crippen LogP contribution in [0, 0.1) is 0 Å². The van der Waals surface area contributed by atoms with Crippen LogP contribution in [-0.4, -0.2) is 59.7 Å². The molecule has 1 amide bonds. The van der Waals surface area contributed by atoms with E-state index >= 15 is 0 Å². The number of rotatable bonds is 4. The van der Waals surface area contributed by atoms with Crippen LogP contribution in [0.1, 0.15) is 12.0 Å². The first kappa shape index (κ1) is 14.9. The van der Waals surface area contributed by atoms with Gasteiger partial charge in [-0.15, -0.1) is 11.8 Å². The summed E-state index contributed by atoms with van der Waals surface area (Å²) in [5.74, 6) is 2.16. The summed E-state index contributed by atoms with van der Waals surface area (Å²) in [4.78, 5) is 16.5. The Kier molecular flexibility index (Phi) is 5.17. The van der Waals surface area contributed by atoms with Gasteiger partial charge in [0.15, 0.2) is 0 Å². The van der Waals surface area contributed by atoms with E-state index in [9.17, 15) is 4.79 Å². The van der Waals surface area contributed by atoms with E-state index in [-0.39, 0.29) is 12.0 Å². The summed E-state index contributed by atoms with van der Waals surface area (Å²) in [6.45, 7) is 4.35. The SMILES string of the molecule is O=C(C[C@H]1CN(Cc2ccccc2)CCO1)N1CCSC1. The Labute approximate surface area is 130 Å². The van der Waals surface area contributed by atoms with Gasteiger partial charge in [-0.1, -0.05) is 30.3 Å². The van der Waals surface area contributed by atoms with E-state index in [0.717, 1.165) is 44.4 Å². The maximum atomic E-state index is 12.2. The van der Waals surface area contributed by atoms with Gasteiger partial charge in [-0.05, 0) is 5.56 Å². The number of hydrogen-bond acceptors (Lipinski definition) is 4. The number of hydrogen-bond donors (Lipinski definition) is 0. The monoisotopic (exact) mass is 306 g/mol. The zero-order valence-corrected chi connectivity index (χ0v) is 13.1. The number of morpholine rings is 1. The molecule has 0 aromatic heterocycles. The summed E-state index contributed by atoms with van der Waals surface area (Å²) >= 11 is 1.83. The standard InChI is InChI=1S/C16H22N2O2S/c19-16(18-7-9-21-13-18)10-15-12-17(6-8-20-15)11-14-4-2-1-3-5-14/h1-5,15H,6-13H2/t15-/m0/s1. The Hall–Kier alpha value is -1.04. The molecule has 1 aromatic carbocycles. The number of thioether (sulfide) groups is 1. The molecule has 0 saturated carbocycles. The quantitative estimate of drug-likeness (QED) is 0.849.